The first-order valence-corrected chi connectivity index (χ1v) is 8.84. The van der Waals surface area contributed by atoms with Gasteiger partial charge < -0.3 is 10.0 Å². The fourth-order valence-corrected chi connectivity index (χ4v) is 3.47. The van der Waals surface area contributed by atoms with Gasteiger partial charge in [0, 0.05) is 18.5 Å². The highest BCUT2D eigenvalue weighted by Crippen LogP contribution is 2.33. The lowest BCUT2D eigenvalue weighted by molar-refractivity contribution is -0.0157. The zero-order chi connectivity index (χ0) is 18.1. The number of urea groups is 1. The minimum absolute atomic E-state index is 0.187. The van der Waals surface area contributed by atoms with Gasteiger partial charge in [0.1, 0.15) is 0 Å². The number of carbonyl (C=O) groups is 1. The number of hydrogen-bond donors (Lipinski definition) is 3. The number of benzene rings is 2. The Morgan fingerprint density at radius 1 is 1.15 bits per heavy atom. The summed E-state index contributed by atoms with van der Waals surface area (Å²) in [5, 5.41) is 21.8. The number of anilines is 1. The van der Waals surface area contributed by atoms with Crippen LogP contribution in [0.5, 0.6) is 0 Å². The standard InChI is InChI=1S/C20H22N4O2/c1-14-6-8-15(9-7-14)20(26)10-12-24(13-11-20)19(25)21-18-16-4-2-3-5-17(16)22-23-18/h2-9,26H,10-13H2,1H3,(H2,21,22,23,25). The number of para-hydroxylation sites is 1. The van der Waals surface area contributed by atoms with Gasteiger partial charge in [-0.3, -0.25) is 10.4 Å². The molecule has 26 heavy (non-hydrogen) atoms. The highest BCUT2D eigenvalue weighted by Gasteiger charge is 2.35. The first kappa shape index (κ1) is 16.6. The zero-order valence-corrected chi connectivity index (χ0v) is 14.7. The van der Waals surface area contributed by atoms with E-state index in [1.54, 1.807) is 4.90 Å². The number of nitrogens with one attached hydrogen (secondary N) is 2. The van der Waals surface area contributed by atoms with E-state index in [0.717, 1.165) is 16.5 Å². The summed E-state index contributed by atoms with van der Waals surface area (Å²) in [4.78, 5) is 14.3. The molecule has 0 spiro atoms. The predicted molar refractivity (Wildman–Crippen MR) is 101 cm³/mol. The summed E-state index contributed by atoms with van der Waals surface area (Å²) in [5.41, 5.74) is 2.10. The number of likely N-dealkylation sites (tertiary alicyclic amines) is 1. The van der Waals surface area contributed by atoms with Crippen molar-refractivity contribution in [3.05, 3.63) is 59.7 Å². The zero-order valence-electron chi connectivity index (χ0n) is 14.7. The molecule has 1 aromatic heterocycles. The van der Waals surface area contributed by atoms with Gasteiger partial charge in [-0.15, -0.1) is 0 Å². The number of aliphatic hydroxyl groups is 1. The van der Waals surface area contributed by atoms with Crippen molar-refractivity contribution in [1.82, 2.24) is 15.1 Å². The fourth-order valence-electron chi connectivity index (χ4n) is 3.47. The van der Waals surface area contributed by atoms with Crippen molar-refractivity contribution in [2.24, 2.45) is 0 Å². The molecule has 0 radical (unpaired) electrons. The lowest BCUT2D eigenvalue weighted by Gasteiger charge is -2.38. The molecule has 3 N–H and O–H groups in total. The van der Waals surface area contributed by atoms with E-state index in [1.807, 2.05) is 55.5 Å². The molecule has 6 heteroatoms. The molecule has 2 heterocycles. The number of fused-ring (bicyclic) bond motifs is 1. The molecule has 0 atom stereocenters. The van der Waals surface area contributed by atoms with E-state index >= 15 is 0 Å². The number of aromatic nitrogens is 2. The molecule has 3 aromatic rings. The van der Waals surface area contributed by atoms with Crippen molar-refractivity contribution in [2.75, 3.05) is 18.4 Å². The molecule has 1 aliphatic rings. The molecule has 0 saturated carbocycles. The molecule has 1 saturated heterocycles. The van der Waals surface area contributed by atoms with E-state index in [-0.39, 0.29) is 6.03 Å². The number of nitrogens with zero attached hydrogens (tertiary/aromatic N) is 2. The van der Waals surface area contributed by atoms with Crippen LogP contribution >= 0.6 is 0 Å². The van der Waals surface area contributed by atoms with Crippen LogP contribution in [-0.4, -0.2) is 39.3 Å². The molecule has 0 bridgehead atoms. The molecule has 6 nitrogen and oxygen atoms in total. The molecular weight excluding hydrogens is 328 g/mol. The topological polar surface area (TPSA) is 81.2 Å². The summed E-state index contributed by atoms with van der Waals surface area (Å²) in [6.07, 6.45) is 1.04. The maximum absolute atomic E-state index is 12.6. The smallest absolute Gasteiger partial charge is 0.323 e. The Hall–Kier alpha value is -2.86. The Morgan fingerprint density at radius 2 is 1.85 bits per heavy atom. The second kappa shape index (κ2) is 6.46. The highest BCUT2D eigenvalue weighted by molar-refractivity contribution is 5.98. The monoisotopic (exact) mass is 350 g/mol. The Kier molecular flexibility index (Phi) is 4.12. The van der Waals surface area contributed by atoms with Gasteiger partial charge in [0.05, 0.1) is 11.1 Å². The van der Waals surface area contributed by atoms with Crippen LogP contribution in [0.4, 0.5) is 10.6 Å². The van der Waals surface area contributed by atoms with E-state index in [4.69, 9.17) is 0 Å². The Balaban J connectivity index is 1.42. The number of rotatable bonds is 2. The number of aromatic amines is 1. The van der Waals surface area contributed by atoms with Crippen molar-refractivity contribution in [1.29, 1.82) is 0 Å². The fraction of sp³-hybridized carbons (Fsp3) is 0.300. The minimum atomic E-state index is -0.872. The van der Waals surface area contributed by atoms with E-state index in [0.29, 0.717) is 31.7 Å². The summed E-state index contributed by atoms with van der Waals surface area (Å²) in [6, 6.07) is 15.4. The second-order valence-electron chi connectivity index (χ2n) is 6.93. The number of carbonyl (C=O) groups excluding carboxylic acids is 1. The number of hydrogen-bond acceptors (Lipinski definition) is 3. The Morgan fingerprint density at radius 3 is 2.58 bits per heavy atom. The summed E-state index contributed by atoms with van der Waals surface area (Å²) in [6.45, 7) is 3.02. The Bertz CT molecular complexity index is 924. The molecule has 1 aliphatic heterocycles. The molecule has 2 aromatic carbocycles. The number of H-pyrrole nitrogens is 1. The van der Waals surface area contributed by atoms with Crippen LogP contribution < -0.4 is 5.32 Å². The third-order valence-electron chi connectivity index (χ3n) is 5.16. The first-order valence-electron chi connectivity index (χ1n) is 8.84. The van der Waals surface area contributed by atoms with Crippen molar-refractivity contribution in [2.45, 2.75) is 25.4 Å². The van der Waals surface area contributed by atoms with Gasteiger partial charge in [0.15, 0.2) is 5.82 Å². The van der Waals surface area contributed by atoms with Gasteiger partial charge in [0.25, 0.3) is 0 Å². The SMILES string of the molecule is Cc1ccc(C2(O)CCN(C(=O)Nc3n[nH]c4ccccc34)CC2)cc1. The maximum Gasteiger partial charge on any atom is 0.323 e. The summed E-state index contributed by atoms with van der Waals surface area (Å²) in [7, 11) is 0. The molecule has 4 rings (SSSR count). The third-order valence-corrected chi connectivity index (χ3v) is 5.16. The normalized spacial score (nSPS) is 16.6. The third kappa shape index (κ3) is 3.04. The molecule has 2 amide bonds. The van der Waals surface area contributed by atoms with Gasteiger partial charge in [-0.05, 0) is 37.5 Å². The first-order chi connectivity index (χ1) is 12.5. The van der Waals surface area contributed by atoms with Gasteiger partial charge in [-0.1, -0.05) is 42.0 Å². The maximum atomic E-state index is 12.6. The average Bonchev–Trinajstić information content (AvgIpc) is 3.06. The minimum Gasteiger partial charge on any atom is -0.385 e. The van der Waals surface area contributed by atoms with E-state index in [1.165, 1.54) is 5.56 Å². The quantitative estimate of drug-likeness (QED) is 0.663. The van der Waals surface area contributed by atoms with Crippen molar-refractivity contribution in [3.63, 3.8) is 0 Å². The molecule has 134 valence electrons. The van der Waals surface area contributed by atoms with Crippen LogP contribution in [0.15, 0.2) is 48.5 Å². The number of amides is 2. The van der Waals surface area contributed by atoms with Crippen LogP contribution in [-0.2, 0) is 5.60 Å². The van der Waals surface area contributed by atoms with E-state index in [2.05, 4.69) is 15.5 Å². The van der Waals surface area contributed by atoms with Gasteiger partial charge in [0.2, 0.25) is 0 Å². The number of aryl methyl sites for hydroxylation is 1. The Labute approximate surface area is 151 Å². The molecule has 0 unspecified atom stereocenters. The van der Waals surface area contributed by atoms with Gasteiger partial charge >= 0.3 is 6.03 Å². The predicted octanol–water partition coefficient (Wildman–Crippen LogP) is 3.39. The highest BCUT2D eigenvalue weighted by atomic mass is 16.3. The average molecular weight is 350 g/mol. The van der Waals surface area contributed by atoms with Crippen molar-refractivity contribution in [3.8, 4) is 0 Å². The van der Waals surface area contributed by atoms with Gasteiger partial charge in [-0.2, -0.15) is 5.10 Å². The van der Waals surface area contributed by atoms with Crippen LogP contribution in [0, 0.1) is 6.92 Å². The molecule has 1 fully saturated rings. The van der Waals surface area contributed by atoms with Crippen LogP contribution in [0.1, 0.15) is 24.0 Å². The van der Waals surface area contributed by atoms with Crippen LogP contribution in [0.2, 0.25) is 0 Å². The van der Waals surface area contributed by atoms with E-state index in [9.17, 15) is 9.90 Å². The second-order valence-corrected chi connectivity index (χ2v) is 6.93. The summed E-state index contributed by atoms with van der Waals surface area (Å²) < 4.78 is 0. The lowest BCUT2D eigenvalue weighted by atomic mass is 9.84. The summed E-state index contributed by atoms with van der Waals surface area (Å²) in [5.74, 6) is 0.532. The van der Waals surface area contributed by atoms with E-state index < -0.39 is 5.60 Å². The van der Waals surface area contributed by atoms with Crippen molar-refractivity contribution >= 4 is 22.8 Å². The number of piperidine rings is 1. The lowest BCUT2D eigenvalue weighted by Crippen LogP contribution is -2.46. The largest absolute Gasteiger partial charge is 0.385 e. The van der Waals surface area contributed by atoms with Gasteiger partial charge in [-0.25, -0.2) is 4.79 Å². The van der Waals surface area contributed by atoms with Crippen LogP contribution in [0.3, 0.4) is 0 Å². The molecule has 0 aliphatic carbocycles. The summed E-state index contributed by atoms with van der Waals surface area (Å²) >= 11 is 0. The molecular formula is C20H22N4O2. The van der Waals surface area contributed by atoms with Crippen molar-refractivity contribution < 1.29 is 9.90 Å². The van der Waals surface area contributed by atoms with Crippen LogP contribution in [0.25, 0.3) is 10.9 Å².